The van der Waals surface area contributed by atoms with Crippen molar-refractivity contribution in [2.75, 3.05) is 0 Å². The molecule has 106 valence electrons. The van der Waals surface area contributed by atoms with E-state index in [4.69, 9.17) is 11.6 Å². The molecule has 0 unspecified atom stereocenters. The molecule has 0 saturated heterocycles. The van der Waals surface area contributed by atoms with Gasteiger partial charge in [-0.05, 0) is 25.5 Å². The van der Waals surface area contributed by atoms with Gasteiger partial charge in [0, 0.05) is 5.56 Å². The van der Waals surface area contributed by atoms with Gasteiger partial charge in [-0.2, -0.15) is 0 Å². The monoisotopic (exact) mass is 297 g/mol. The molecule has 2 aromatic carbocycles. The second-order valence-electron chi connectivity index (χ2n) is 5.06. The minimum Gasteiger partial charge on any atom is -0.278 e. The highest BCUT2D eigenvalue weighted by Gasteiger charge is 2.16. The fourth-order valence-electron chi connectivity index (χ4n) is 2.49. The van der Waals surface area contributed by atoms with E-state index in [2.05, 4.69) is 42.2 Å². The van der Waals surface area contributed by atoms with Crippen LogP contribution in [0.1, 0.15) is 17.0 Å². The molecule has 0 N–H and O–H groups in total. The van der Waals surface area contributed by atoms with Gasteiger partial charge in [-0.15, -0.1) is 21.8 Å². The van der Waals surface area contributed by atoms with Crippen LogP contribution >= 0.6 is 11.6 Å². The van der Waals surface area contributed by atoms with Gasteiger partial charge in [0.15, 0.2) is 11.6 Å². The number of nitrogens with zero attached hydrogens (tertiary/aromatic N) is 3. The molecule has 0 amide bonds. The van der Waals surface area contributed by atoms with E-state index in [1.807, 2.05) is 34.9 Å². The number of hydrogen-bond acceptors (Lipinski definition) is 2. The lowest BCUT2D eigenvalue weighted by molar-refractivity contribution is 0.945. The fourth-order valence-corrected chi connectivity index (χ4v) is 2.66. The predicted octanol–water partition coefficient (Wildman–Crippen LogP) is 4.29. The van der Waals surface area contributed by atoms with E-state index in [1.165, 1.54) is 11.1 Å². The number of rotatable bonds is 3. The topological polar surface area (TPSA) is 30.7 Å². The molecule has 0 fully saturated rings. The molecule has 0 saturated carbocycles. The summed E-state index contributed by atoms with van der Waals surface area (Å²) in [5.74, 6) is 1.90. The molecule has 0 bridgehead atoms. The van der Waals surface area contributed by atoms with E-state index in [-0.39, 0.29) is 0 Å². The Kier molecular flexibility index (Phi) is 3.76. The van der Waals surface area contributed by atoms with Gasteiger partial charge >= 0.3 is 0 Å². The first-order valence-corrected chi connectivity index (χ1v) is 7.37. The van der Waals surface area contributed by atoms with Gasteiger partial charge in [0.2, 0.25) is 0 Å². The number of alkyl halides is 1. The van der Waals surface area contributed by atoms with E-state index >= 15 is 0 Å². The predicted molar refractivity (Wildman–Crippen MR) is 85.8 cm³/mol. The molecule has 1 aromatic heterocycles. The third-order valence-corrected chi connectivity index (χ3v) is 3.71. The number of aromatic nitrogens is 3. The molecular weight excluding hydrogens is 282 g/mol. The zero-order valence-corrected chi connectivity index (χ0v) is 12.8. The second-order valence-corrected chi connectivity index (χ2v) is 5.33. The molecule has 21 heavy (non-hydrogen) atoms. The third kappa shape index (κ3) is 2.57. The molecule has 0 aliphatic rings. The molecule has 0 spiro atoms. The molecule has 0 radical (unpaired) electrons. The van der Waals surface area contributed by atoms with Crippen LogP contribution in [0.3, 0.4) is 0 Å². The molecule has 1 heterocycles. The van der Waals surface area contributed by atoms with Gasteiger partial charge < -0.3 is 0 Å². The first-order chi connectivity index (χ1) is 10.2. The van der Waals surface area contributed by atoms with E-state index in [0.29, 0.717) is 5.88 Å². The van der Waals surface area contributed by atoms with Gasteiger partial charge in [-0.1, -0.05) is 48.0 Å². The first kappa shape index (κ1) is 13.8. The summed E-state index contributed by atoms with van der Waals surface area (Å²) in [7, 11) is 0. The molecule has 4 heteroatoms. The Bertz CT molecular complexity index is 763. The summed E-state index contributed by atoms with van der Waals surface area (Å²) < 4.78 is 2.04. The highest BCUT2D eigenvalue weighted by molar-refractivity contribution is 6.16. The summed E-state index contributed by atoms with van der Waals surface area (Å²) in [5, 5.41) is 8.56. The van der Waals surface area contributed by atoms with E-state index in [1.54, 1.807) is 0 Å². The molecule has 0 aliphatic carbocycles. The molecule has 3 rings (SSSR count). The third-order valence-electron chi connectivity index (χ3n) is 3.47. The van der Waals surface area contributed by atoms with Gasteiger partial charge in [0.05, 0.1) is 11.6 Å². The number of halogens is 1. The Morgan fingerprint density at radius 3 is 2.43 bits per heavy atom. The summed E-state index contributed by atoms with van der Waals surface area (Å²) in [4.78, 5) is 0. The number of hydrogen-bond donors (Lipinski definition) is 0. The van der Waals surface area contributed by atoms with E-state index < -0.39 is 0 Å². The van der Waals surface area contributed by atoms with Crippen LogP contribution < -0.4 is 0 Å². The Labute approximate surface area is 129 Å². The van der Waals surface area contributed by atoms with Crippen LogP contribution in [0.15, 0.2) is 48.5 Å². The lowest BCUT2D eigenvalue weighted by Crippen LogP contribution is -2.04. The Balaban J connectivity index is 2.23. The Hall–Kier alpha value is -2.13. The van der Waals surface area contributed by atoms with Gasteiger partial charge in [-0.25, -0.2) is 0 Å². The summed E-state index contributed by atoms with van der Waals surface area (Å²) >= 11 is 6.04. The number of benzene rings is 2. The summed E-state index contributed by atoms with van der Waals surface area (Å²) in [5.41, 5.74) is 4.51. The molecular formula is C17H16ClN3. The maximum Gasteiger partial charge on any atom is 0.168 e. The van der Waals surface area contributed by atoms with Crippen molar-refractivity contribution in [1.82, 2.24) is 14.8 Å². The van der Waals surface area contributed by atoms with Gasteiger partial charge in [0.1, 0.15) is 0 Å². The van der Waals surface area contributed by atoms with Gasteiger partial charge in [-0.3, -0.25) is 4.57 Å². The SMILES string of the molecule is Cc1ccc(-n2c(CCl)nnc2-c2ccccc2)c(C)c1. The molecule has 3 nitrogen and oxygen atoms in total. The van der Waals surface area contributed by atoms with Crippen LogP contribution in [0.5, 0.6) is 0 Å². The Morgan fingerprint density at radius 2 is 1.76 bits per heavy atom. The van der Waals surface area contributed by atoms with Crippen molar-refractivity contribution in [3.63, 3.8) is 0 Å². The van der Waals surface area contributed by atoms with Crippen LogP contribution in [0, 0.1) is 13.8 Å². The largest absolute Gasteiger partial charge is 0.278 e. The minimum atomic E-state index is 0.327. The van der Waals surface area contributed by atoms with Crippen molar-refractivity contribution >= 4 is 11.6 Å². The zero-order chi connectivity index (χ0) is 14.8. The maximum absolute atomic E-state index is 6.04. The first-order valence-electron chi connectivity index (χ1n) is 6.84. The van der Waals surface area contributed by atoms with Crippen molar-refractivity contribution in [1.29, 1.82) is 0 Å². The normalized spacial score (nSPS) is 10.8. The molecule has 3 aromatic rings. The van der Waals surface area contributed by atoms with Crippen LogP contribution in [-0.4, -0.2) is 14.8 Å². The van der Waals surface area contributed by atoms with Crippen LogP contribution in [-0.2, 0) is 5.88 Å². The van der Waals surface area contributed by atoms with Crippen LogP contribution in [0.4, 0.5) is 0 Å². The average Bonchev–Trinajstić information content (AvgIpc) is 2.92. The maximum atomic E-state index is 6.04. The molecule has 0 aliphatic heterocycles. The minimum absolute atomic E-state index is 0.327. The van der Waals surface area contributed by atoms with Gasteiger partial charge in [0.25, 0.3) is 0 Å². The standard InChI is InChI=1S/C17H16ClN3/c1-12-8-9-15(13(2)10-12)21-16(11-18)19-20-17(21)14-6-4-3-5-7-14/h3-10H,11H2,1-2H3. The van der Waals surface area contributed by atoms with Crippen molar-refractivity contribution < 1.29 is 0 Å². The summed E-state index contributed by atoms with van der Waals surface area (Å²) in [6.07, 6.45) is 0. The van der Waals surface area contributed by atoms with Crippen molar-refractivity contribution in [2.24, 2.45) is 0 Å². The summed E-state index contributed by atoms with van der Waals surface area (Å²) in [6, 6.07) is 16.4. The second kappa shape index (κ2) is 5.70. The van der Waals surface area contributed by atoms with Crippen molar-refractivity contribution in [3.8, 4) is 17.1 Å². The lowest BCUT2D eigenvalue weighted by Gasteiger charge is -2.13. The highest BCUT2D eigenvalue weighted by Crippen LogP contribution is 2.25. The zero-order valence-electron chi connectivity index (χ0n) is 12.0. The van der Waals surface area contributed by atoms with E-state index in [0.717, 1.165) is 22.9 Å². The molecule has 0 atom stereocenters. The lowest BCUT2D eigenvalue weighted by atomic mass is 10.1. The summed E-state index contributed by atoms with van der Waals surface area (Å²) in [6.45, 7) is 4.18. The Morgan fingerprint density at radius 1 is 1.00 bits per heavy atom. The number of aryl methyl sites for hydroxylation is 2. The van der Waals surface area contributed by atoms with Crippen LogP contribution in [0.25, 0.3) is 17.1 Å². The van der Waals surface area contributed by atoms with E-state index in [9.17, 15) is 0 Å². The average molecular weight is 298 g/mol. The fraction of sp³-hybridized carbons (Fsp3) is 0.176. The quantitative estimate of drug-likeness (QED) is 0.675. The van der Waals surface area contributed by atoms with Crippen LogP contribution in [0.2, 0.25) is 0 Å². The smallest absolute Gasteiger partial charge is 0.168 e. The van der Waals surface area contributed by atoms with Crippen molar-refractivity contribution in [3.05, 3.63) is 65.5 Å². The highest BCUT2D eigenvalue weighted by atomic mass is 35.5. The van der Waals surface area contributed by atoms with Crippen molar-refractivity contribution in [2.45, 2.75) is 19.7 Å².